The molecule has 3 aromatic rings. The van der Waals surface area contributed by atoms with Crippen molar-refractivity contribution in [3.8, 4) is 17.2 Å². The van der Waals surface area contributed by atoms with Crippen molar-refractivity contribution in [1.29, 1.82) is 0 Å². The summed E-state index contributed by atoms with van der Waals surface area (Å²) in [7, 11) is 3.24. The molecule has 0 spiro atoms. The summed E-state index contributed by atoms with van der Waals surface area (Å²) >= 11 is 7.94. The molecule has 0 bridgehead atoms. The molecule has 0 fully saturated rings. The van der Waals surface area contributed by atoms with Gasteiger partial charge in [0.15, 0.2) is 11.5 Å². The lowest BCUT2D eigenvalue weighted by Crippen LogP contribution is -2.00. The molecule has 0 amide bonds. The Bertz CT molecular complexity index is 766. The SMILES string of the molecule is COc1cc2nc(C(C)Cl)n(-c3ccsc3)c2cc1OC. The molecule has 1 aromatic carbocycles. The zero-order chi connectivity index (χ0) is 15.0. The van der Waals surface area contributed by atoms with Gasteiger partial charge < -0.3 is 9.47 Å². The Morgan fingerprint density at radius 1 is 1.24 bits per heavy atom. The summed E-state index contributed by atoms with van der Waals surface area (Å²) in [6.07, 6.45) is 0. The van der Waals surface area contributed by atoms with E-state index in [-0.39, 0.29) is 5.38 Å². The van der Waals surface area contributed by atoms with Gasteiger partial charge in [0.2, 0.25) is 0 Å². The fourth-order valence-electron chi connectivity index (χ4n) is 2.35. The zero-order valence-electron chi connectivity index (χ0n) is 12.0. The average Bonchev–Trinajstić information content (AvgIpc) is 3.11. The fourth-order valence-corrected chi connectivity index (χ4v) is 3.11. The van der Waals surface area contributed by atoms with E-state index < -0.39 is 0 Å². The van der Waals surface area contributed by atoms with Crippen LogP contribution in [0.3, 0.4) is 0 Å². The summed E-state index contributed by atoms with van der Waals surface area (Å²) in [6.45, 7) is 1.92. The number of rotatable bonds is 4. The van der Waals surface area contributed by atoms with E-state index in [0.29, 0.717) is 11.5 Å². The highest BCUT2D eigenvalue weighted by atomic mass is 35.5. The second-order valence-electron chi connectivity index (χ2n) is 4.60. The largest absolute Gasteiger partial charge is 0.493 e. The first kappa shape index (κ1) is 14.2. The van der Waals surface area contributed by atoms with Gasteiger partial charge >= 0.3 is 0 Å². The van der Waals surface area contributed by atoms with Gasteiger partial charge in [-0.2, -0.15) is 11.3 Å². The molecule has 0 radical (unpaired) electrons. The van der Waals surface area contributed by atoms with E-state index in [2.05, 4.69) is 14.9 Å². The monoisotopic (exact) mass is 322 g/mol. The molecule has 0 N–H and O–H groups in total. The van der Waals surface area contributed by atoms with Crippen molar-refractivity contribution >= 4 is 34.0 Å². The third-order valence-electron chi connectivity index (χ3n) is 3.31. The maximum Gasteiger partial charge on any atom is 0.163 e. The molecule has 0 aliphatic heterocycles. The number of methoxy groups -OCH3 is 2. The van der Waals surface area contributed by atoms with E-state index in [0.717, 1.165) is 22.5 Å². The first-order valence-electron chi connectivity index (χ1n) is 6.46. The molecule has 2 heterocycles. The number of benzene rings is 1. The van der Waals surface area contributed by atoms with E-state index in [1.165, 1.54) is 0 Å². The van der Waals surface area contributed by atoms with Crippen LogP contribution < -0.4 is 9.47 Å². The topological polar surface area (TPSA) is 36.3 Å². The van der Waals surface area contributed by atoms with Crippen LogP contribution >= 0.6 is 22.9 Å². The van der Waals surface area contributed by atoms with E-state index in [1.54, 1.807) is 25.6 Å². The van der Waals surface area contributed by atoms with Crippen molar-refractivity contribution in [3.05, 3.63) is 34.8 Å². The molecule has 21 heavy (non-hydrogen) atoms. The molecular formula is C15H15ClN2O2S. The Kier molecular flexibility index (Phi) is 3.78. The van der Waals surface area contributed by atoms with E-state index in [4.69, 9.17) is 21.1 Å². The number of ether oxygens (including phenoxy) is 2. The molecule has 0 aliphatic carbocycles. The molecule has 2 aromatic heterocycles. The van der Waals surface area contributed by atoms with Crippen LogP contribution in [0.2, 0.25) is 0 Å². The number of thiophene rings is 1. The van der Waals surface area contributed by atoms with Gasteiger partial charge in [-0.05, 0) is 18.4 Å². The maximum atomic E-state index is 6.30. The molecule has 0 saturated heterocycles. The zero-order valence-corrected chi connectivity index (χ0v) is 13.5. The lowest BCUT2D eigenvalue weighted by molar-refractivity contribution is 0.355. The lowest BCUT2D eigenvalue weighted by Gasteiger charge is -2.10. The second-order valence-corrected chi connectivity index (χ2v) is 6.03. The molecule has 1 atom stereocenters. The van der Waals surface area contributed by atoms with E-state index in [9.17, 15) is 0 Å². The van der Waals surface area contributed by atoms with Crippen LogP contribution in [0.1, 0.15) is 18.1 Å². The van der Waals surface area contributed by atoms with Gasteiger partial charge in [0.25, 0.3) is 0 Å². The first-order chi connectivity index (χ1) is 10.2. The van der Waals surface area contributed by atoms with Crippen LogP contribution in [0.25, 0.3) is 16.7 Å². The number of halogens is 1. The summed E-state index contributed by atoms with van der Waals surface area (Å²) in [5, 5.41) is 3.90. The molecule has 0 aliphatic rings. The fraction of sp³-hybridized carbons (Fsp3) is 0.267. The average molecular weight is 323 g/mol. The quantitative estimate of drug-likeness (QED) is 0.668. The molecule has 1 unspecified atom stereocenters. The van der Waals surface area contributed by atoms with Gasteiger partial charge in [-0.1, -0.05) is 0 Å². The number of nitrogens with zero attached hydrogens (tertiary/aromatic N) is 2. The van der Waals surface area contributed by atoms with Crippen molar-refractivity contribution in [2.75, 3.05) is 14.2 Å². The van der Waals surface area contributed by atoms with Crippen molar-refractivity contribution in [3.63, 3.8) is 0 Å². The first-order valence-corrected chi connectivity index (χ1v) is 7.84. The van der Waals surface area contributed by atoms with E-state index >= 15 is 0 Å². The van der Waals surface area contributed by atoms with Gasteiger partial charge in [-0.3, -0.25) is 4.57 Å². The Labute approximate surface area is 131 Å². The minimum absolute atomic E-state index is 0.200. The van der Waals surface area contributed by atoms with Gasteiger partial charge in [0.1, 0.15) is 5.82 Å². The van der Waals surface area contributed by atoms with Crippen LogP contribution in [0, 0.1) is 0 Å². The third kappa shape index (κ3) is 2.36. The van der Waals surface area contributed by atoms with Gasteiger partial charge in [-0.15, -0.1) is 11.6 Å². The molecular weight excluding hydrogens is 308 g/mol. The number of alkyl halides is 1. The Morgan fingerprint density at radius 2 is 1.95 bits per heavy atom. The minimum atomic E-state index is -0.200. The highest BCUT2D eigenvalue weighted by molar-refractivity contribution is 7.08. The van der Waals surface area contributed by atoms with Crippen molar-refractivity contribution in [1.82, 2.24) is 9.55 Å². The summed E-state index contributed by atoms with van der Waals surface area (Å²) in [5.74, 6) is 2.14. The van der Waals surface area contributed by atoms with E-state index in [1.807, 2.05) is 30.5 Å². The molecule has 6 heteroatoms. The minimum Gasteiger partial charge on any atom is -0.493 e. The molecule has 0 saturated carbocycles. The Hall–Kier alpha value is -1.72. The predicted molar refractivity (Wildman–Crippen MR) is 86.3 cm³/mol. The molecule has 3 rings (SSSR count). The maximum absolute atomic E-state index is 6.30. The molecule has 4 nitrogen and oxygen atoms in total. The summed E-state index contributed by atoms with van der Waals surface area (Å²) < 4.78 is 12.8. The number of imidazole rings is 1. The van der Waals surface area contributed by atoms with Gasteiger partial charge in [0.05, 0.1) is 36.3 Å². The Balaban J connectivity index is 2.34. The van der Waals surface area contributed by atoms with Gasteiger partial charge in [0, 0.05) is 17.5 Å². The summed E-state index contributed by atoms with van der Waals surface area (Å²) in [6, 6.07) is 5.85. The number of hydrogen-bond acceptors (Lipinski definition) is 4. The second kappa shape index (κ2) is 5.58. The van der Waals surface area contributed by atoms with Crippen molar-refractivity contribution in [2.45, 2.75) is 12.3 Å². The predicted octanol–water partition coefficient (Wildman–Crippen LogP) is 4.40. The standard InChI is InChI=1S/C15H15ClN2O2S/c1-9(16)15-17-11-6-13(19-2)14(20-3)7-12(11)18(15)10-4-5-21-8-10/h4-9H,1-3H3. The van der Waals surface area contributed by atoms with Crippen LogP contribution in [0.5, 0.6) is 11.5 Å². The van der Waals surface area contributed by atoms with Crippen LogP contribution in [0.4, 0.5) is 0 Å². The van der Waals surface area contributed by atoms with Crippen LogP contribution in [0.15, 0.2) is 29.0 Å². The van der Waals surface area contributed by atoms with Gasteiger partial charge in [-0.25, -0.2) is 4.98 Å². The highest BCUT2D eigenvalue weighted by Crippen LogP contribution is 2.36. The third-order valence-corrected chi connectivity index (χ3v) is 4.17. The van der Waals surface area contributed by atoms with Crippen LogP contribution in [-0.2, 0) is 0 Å². The Morgan fingerprint density at radius 3 is 2.52 bits per heavy atom. The van der Waals surface area contributed by atoms with Crippen molar-refractivity contribution < 1.29 is 9.47 Å². The van der Waals surface area contributed by atoms with Crippen LogP contribution in [-0.4, -0.2) is 23.8 Å². The summed E-state index contributed by atoms with van der Waals surface area (Å²) in [5.41, 5.74) is 2.84. The number of aromatic nitrogens is 2. The van der Waals surface area contributed by atoms with Crippen molar-refractivity contribution in [2.24, 2.45) is 0 Å². The summed E-state index contributed by atoms with van der Waals surface area (Å²) in [4.78, 5) is 4.65. The normalized spacial score (nSPS) is 12.6. The number of hydrogen-bond donors (Lipinski definition) is 0. The number of fused-ring (bicyclic) bond motifs is 1. The lowest BCUT2D eigenvalue weighted by atomic mass is 10.2. The molecule has 110 valence electrons. The smallest absolute Gasteiger partial charge is 0.163 e. The highest BCUT2D eigenvalue weighted by Gasteiger charge is 2.19.